The molecule has 1 fully saturated rings. The van der Waals surface area contributed by atoms with Crippen molar-refractivity contribution in [1.29, 1.82) is 5.26 Å². The molecule has 0 radical (unpaired) electrons. The number of allylic oxidation sites excluding steroid dienone is 1. The summed E-state index contributed by atoms with van der Waals surface area (Å²) in [4.78, 5) is 2.28. The van der Waals surface area contributed by atoms with Crippen LogP contribution >= 0.6 is 0 Å². The maximum atomic E-state index is 9.04. The summed E-state index contributed by atoms with van der Waals surface area (Å²) in [5.41, 5.74) is -0.103. The first-order valence-corrected chi connectivity index (χ1v) is 4.43. The van der Waals surface area contributed by atoms with E-state index in [2.05, 4.69) is 24.6 Å². The second kappa shape index (κ2) is 3.73. The zero-order chi connectivity index (χ0) is 9.03. The highest BCUT2D eigenvalue weighted by Gasteiger charge is 2.32. The SMILES string of the molecule is C=CCC1(C#N)CCN(C)CC1. The van der Waals surface area contributed by atoms with Crippen molar-refractivity contribution in [2.75, 3.05) is 20.1 Å². The Morgan fingerprint density at radius 3 is 2.58 bits per heavy atom. The van der Waals surface area contributed by atoms with E-state index < -0.39 is 0 Å². The number of rotatable bonds is 2. The van der Waals surface area contributed by atoms with Gasteiger partial charge in [0.1, 0.15) is 0 Å². The van der Waals surface area contributed by atoms with Gasteiger partial charge in [0.2, 0.25) is 0 Å². The van der Waals surface area contributed by atoms with Crippen molar-refractivity contribution in [3.63, 3.8) is 0 Å². The van der Waals surface area contributed by atoms with E-state index in [0.717, 1.165) is 32.4 Å². The summed E-state index contributed by atoms with van der Waals surface area (Å²) >= 11 is 0. The van der Waals surface area contributed by atoms with Gasteiger partial charge in [0.05, 0.1) is 11.5 Å². The maximum absolute atomic E-state index is 9.04. The van der Waals surface area contributed by atoms with Crippen molar-refractivity contribution in [1.82, 2.24) is 4.90 Å². The molecular weight excluding hydrogens is 148 g/mol. The molecule has 0 bridgehead atoms. The van der Waals surface area contributed by atoms with Gasteiger partial charge in [0, 0.05) is 0 Å². The quantitative estimate of drug-likeness (QED) is 0.582. The molecule has 2 heteroatoms. The molecule has 12 heavy (non-hydrogen) atoms. The summed E-state index contributed by atoms with van der Waals surface area (Å²) in [6, 6.07) is 2.44. The van der Waals surface area contributed by atoms with Gasteiger partial charge in [0.25, 0.3) is 0 Å². The first-order chi connectivity index (χ1) is 5.72. The van der Waals surface area contributed by atoms with E-state index in [4.69, 9.17) is 5.26 Å². The molecule has 0 aromatic rings. The number of hydrogen-bond acceptors (Lipinski definition) is 2. The van der Waals surface area contributed by atoms with E-state index in [0.29, 0.717) is 0 Å². The van der Waals surface area contributed by atoms with Crippen LogP contribution in [0.3, 0.4) is 0 Å². The Hall–Kier alpha value is -0.810. The van der Waals surface area contributed by atoms with Crippen LogP contribution in [0.2, 0.25) is 0 Å². The fraction of sp³-hybridized carbons (Fsp3) is 0.700. The highest BCUT2D eigenvalue weighted by molar-refractivity contribution is 5.04. The molecule has 0 aliphatic carbocycles. The molecule has 0 amide bonds. The zero-order valence-electron chi connectivity index (χ0n) is 7.71. The molecule has 2 nitrogen and oxygen atoms in total. The van der Waals surface area contributed by atoms with Gasteiger partial charge in [-0.2, -0.15) is 5.26 Å². The second-order valence-corrected chi connectivity index (χ2v) is 3.69. The van der Waals surface area contributed by atoms with Crippen LogP contribution in [-0.2, 0) is 0 Å². The van der Waals surface area contributed by atoms with Crippen LogP contribution in [-0.4, -0.2) is 25.0 Å². The normalized spacial score (nSPS) is 23.0. The third kappa shape index (κ3) is 1.86. The lowest BCUT2D eigenvalue weighted by atomic mass is 9.77. The summed E-state index contributed by atoms with van der Waals surface area (Å²) in [5, 5.41) is 9.04. The smallest absolute Gasteiger partial charge is 0.0694 e. The predicted molar refractivity (Wildman–Crippen MR) is 49.6 cm³/mol. The van der Waals surface area contributed by atoms with Crippen molar-refractivity contribution in [2.24, 2.45) is 5.41 Å². The van der Waals surface area contributed by atoms with E-state index in [1.165, 1.54) is 0 Å². The first kappa shape index (κ1) is 9.28. The average Bonchev–Trinajstić information content (AvgIpc) is 2.10. The second-order valence-electron chi connectivity index (χ2n) is 3.69. The Morgan fingerprint density at radius 1 is 1.58 bits per heavy atom. The lowest BCUT2D eigenvalue weighted by Gasteiger charge is -2.34. The third-order valence-electron chi connectivity index (χ3n) is 2.72. The molecule has 66 valence electrons. The van der Waals surface area contributed by atoms with Crippen molar-refractivity contribution in [3.8, 4) is 6.07 Å². The van der Waals surface area contributed by atoms with Crippen molar-refractivity contribution in [3.05, 3.63) is 12.7 Å². The van der Waals surface area contributed by atoms with Crippen LogP contribution in [0.25, 0.3) is 0 Å². The van der Waals surface area contributed by atoms with Crippen molar-refractivity contribution < 1.29 is 0 Å². The van der Waals surface area contributed by atoms with Crippen LogP contribution in [0.1, 0.15) is 19.3 Å². The number of likely N-dealkylation sites (tertiary alicyclic amines) is 1. The van der Waals surface area contributed by atoms with E-state index >= 15 is 0 Å². The molecule has 1 saturated heterocycles. The number of piperidine rings is 1. The Labute approximate surface area is 74.5 Å². The molecule has 0 aromatic carbocycles. The van der Waals surface area contributed by atoms with Crippen LogP contribution in [0.4, 0.5) is 0 Å². The lowest BCUT2D eigenvalue weighted by Crippen LogP contribution is -2.36. The topological polar surface area (TPSA) is 27.0 Å². The van der Waals surface area contributed by atoms with Gasteiger partial charge in [-0.05, 0) is 39.4 Å². The third-order valence-corrected chi connectivity index (χ3v) is 2.72. The maximum Gasteiger partial charge on any atom is 0.0694 e. The molecule has 0 N–H and O–H groups in total. The molecule has 1 aliphatic heterocycles. The van der Waals surface area contributed by atoms with E-state index in [9.17, 15) is 0 Å². The highest BCUT2D eigenvalue weighted by atomic mass is 15.1. The standard InChI is InChI=1S/C10H16N2/c1-3-4-10(9-11)5-7-12(2)8-6-10/h3H,1,4-8H2,2H3. The van der Waals surface area contributed by atoms with Gasteiger partial charge in [0.15, 0.2) is 0 Å². The van der Waals surface area contributed by atoms with Crippen molar-refractivity contribution in [2.45, 2.75) is 19.3 Å². The summed E-state index contributed by atoms with van der Waals surface area (Å²) in [6.45, 7) is 5.79. The van der Waals surface area contributed by atoms with Gasteiger partial charge in [-0.1, -0.05) is 6.08 Å². The summed E-state index contributed by atoms with van der Waals surface area (Å²) in [5.74, 6) is 0. The Morgan fingerprint density at radius 2 is 2.17 bits per heavy atom. The lowest BCUT2D eigenvalue weighted by molar-refractivity contribution is 0.173. The fourth-order valence-corrected chi connectivity index (χ4v) is 1.68. The molecular formula is C10H16N2. The molecule has 0 atom stereocenters. The number of hydrogen-bond donors (Lipinski definition) is 0. The van der Waals surface area contributed by atoms with Gasteiger partial charge in [-0.3, -0.25) is 0 Å². The minimum atomic E-state index is -0.103. The van der Waals surface area contributed by atoms with E-state index in [-0.39, 0.29) is 5.41 Å². The molecule has 0 spiro atoms. The largest absolute Gasteiger partial charge is 0.306 e. The highest BCUT2D eigenvalue weighted by Crippen LogP contribution is 2.33. The van der Waals surface area contributed by atoms with E-state index in [1.807, 2.05) is 6.08 Å². The predicted octanol–water partition coefficient (Wildman–Crippen LogP) is 1.80. The van der Waals surface area contributed by atoms with Gasteiger partial charge < -0.3 is 4.90 Å². The van der Waals surface area contributed by atoms with E-state index in [1.54, 1.807) is 0 Å². The van der Waals surface area contributed by atoms with Gasteiger partial charge in [-0.25, -0.2) is 0 Å². The first-order valence-electron chi connectivity index (χ1n) is 4.43. The van der Waals surface area contributed by atoms with Crippen LogP contribution in [0.5, 0.6) is 0 Å². The molecule has 1 aliphatic rings. The Bertz CT molecular complexity index is 194. The Kier molecular flexibility index (Phi) is 2.88. The minimum Gasteiger partial charge on any atom is -0.306 e. The number of nitriles is 1. The van der Waals surface area contributed by atoms with Crippen LogP contribution in [0, 0.1) is 16.7 Å². The minimum absolute atomic E-state index is 0.103. The number of nitrogens with zero attached hydrogens (tertiary/aromatic N) is 2. The molecule has 0 saturated carbocycles. The molecule has 0 unspecified atom stereocenters. The summed E-state index contributed by atoms with van der Waals surface area (Å²) in [7, 11) is 2.11. The van der Waals surface area contributed by atoms with Crippen molar-refractivity contribution >= 4 is 0 Å². The summed E-state index contributed by atoms with van der Waals surface area (Å²) in [6.07, 6.45) is 4.70. The molecule has 1 heterocycles. The van der Waals surface area contributed by atoms with Crippen LogP contribution < -0.4 is 0 Å². The van der Waals surface area contributed by atoms with Gasteiger partial charge >= 0.3 is 0 Å². The van der Waals surface area contributed by atoms with Crippen LogP contribution in [0.15, 0.2) is 12.7 Å². The monoisotopic (exact) mass is 164 g/mol. The fourth-order valence-electron chi connectivity index (χ4n) is 1.68. The summed E-state index contributed by atoms with van der Waals surface area (Å²) < 4.78 is 0. The Balaban J connectivity index is 2.58. The van der Waals surface area contributed by atoms with Gasteiger partial charge in [-0.15, -0.1) is 6.58 Å². The average molecular weight is 164 g/mol. The molecule has 0 aromatic heterocycles. The zero-order valence-corrected chi connectivity index (χ0v) is 7.71. The molecule has 1 rings (SSSR count).